The number of aryl methyl sites for hydroxylation is 1. The molecule has 1 saturated heterocycles. The Morgan fingerprint density at radius 2 is 1.92 bits per heavy atom. The average molecular weight is 725 g/mol. The zero-order chi connectivity index (χ0) is 35.8. The van der Waals surface area contributed by atoms with Gasteiger partial charge < -0.3 is 24.6 Å². The van der Waals surface area contributed by atoms with Crippen molar-refractivity contribution in [2.75, 3.05) is 31.6 Å². The molecule has 2 unspecified atom stereocenters. The summed E-state index contributed by atoms with van der Waals surface area (Å²) in [4.78, 5) is 56.2. The molecular weight excluding hydrogens is 693 g/mol. The van der Waals surface area contributed by atoms with E-state index in [2.05, 4.69) is 20.4 Å². The number of nitrogens with zero attached hydrogens (tertiary/aromatic N) is 7. The minimum absolute atomic E-state index is 0.00867. The second-order valence-corrected chi connectivity index (χ2v) is 13.9. The number of aromatic hydroxyl groups is 1. The number of carbonyl (C=O) groups excluding carboxylic acids is 2. The van der Waals surface area contributed by atoms with Gasteiger partial charge in [0.05, 0.1) is 35.2 Å². The lowest BCUT2D eigenvalue weighted by Crippen LogP contribution is -2.54. The Kier molecular flexibility index (Phi) is 7.94. The predicted molar refractivity (Wildman–Crippen MR) is 176 cm³/mol. The lowest BCUT2D eigenvalue weighted by Gasteiger charge is -2.46. The third-order valence-corrected chi connectivity index (χ3v) is 11.2. The van der Waals surface area contributed by atoms with Crippen LogP contribution < -0.4 is 10.9 Å². The van der Waals surface area contributed by atoms with Gasteiger partial charge in [0.1, 0.15) is 12.9 Å². The highest BCUT2D eigenvalue weighted by Gasteiger charge is 2.60. The van der Waals surface area contributed by atoms with Gasteiger partial charge >= 0.3 is 6.18 Å². The molecule has 4 aromatic rings. The Labute approximate surface area is 293 Å². The number of halogens is 4. The van der Waals surface area contributed by atoms with Crippen molar-refractivity contribution in [1.82, 2.24) is 34.0 Å². The molecule has 1 saturated carbocycles. The molecule has 2 bridgehead atoms. The predicted octanol–water partition coefficient (Wildman–Crippen LogP) is 4.18. The van der Waals surface area contributed by atoms with Gasteiger partial charge in [-0.2, -0.15) is 22.7 Å². The van der Waals surface area contributed by atoms with E-state index in [0.717, 1.165) is 36.6 Å². The zero-order valence-electron chi connectivity index (χ0n) is 27.3. The molecule has 1 aromatic carbocycles. The van der Waals surface area contributed by atoms with E-state index in [1.165, 1.54) is 10.8 Å². The van der Waals surface area contributed by atoms with Crippen molar-refractivity contribution in [3.05, 3.63) is 80.0 Å². The summed E-state index contributed by atoms with van der Waals surface area (Å²) in [7, 11) is 0. The van der Waals surface area contributed by atoms with Crippen LogP contribution in [0.5, 0.6) is 5.75 Å². The van der Waals surface area contributed by atoms with Gasteiger partial charge in [-0.1, -0.05) is 17.7 Å². The number of piperidine rings is 1. The van der Waals surface area contributed by atoms with Crippen molar-refractivity contribution in [3.63, 3.8) is 0 Å². The number of hydrogen-bond acceptors (Lipinski definition) is 9. The molecule has 2 aliphatic carbocycles. The van der Waals surface area contributed by atoms with Gasteiger partial charge in [0, 0.05) is 29.8 Å². The normalized spacial score (nSPS) is 22.8. The van der Waals surface area contributed by atoms with Gasteiger partial charge in [-0.05, 0) is 74.6 Å². The summed E-state index contributed by atoms with van der Waals surface area (Å²) in [6.45, 7) is 2.80. The second-order valence-electron chi connectivity index (χ2n) is 13.5. The van der Waals surface area contributed by atoms with Crippen LogP contribution in [0.15, 0.2) is 35.4 Å². The zero-order valence-corrected chi connectivity index (χ0v) is 28.1. The van der Waals surface area contributed by atoms with Crippen LogP contribution in [0.4, 0.5) is 18.9 Å². The quantitative estimate of drug-likeness (QED) is 0.308. The molecule has 2 N–H and O–H groups in total. The van der Waals surface area contributed by atoms with Crippen LogP contribution >= 0.6 is 11.6 Å². The van der Waals surface area contributed by atoms with Gasteiger partial charge in [0.2, 0.25) is 11.7 Å². The fourth-order valence-corrected chi connectivity index (χ4v) is 8.79. The minimum Gasteiger partial charge on any atom is -0.504 e. The number of amides is 2. The summed E-state index contributed by atoms with van der Waals surface area (Å²) in [6.07, 6.45) is 1.64. The maximum Gasteiger partial charge on any atom is 0.416 e. The maximum absolute atomic E-state index is 14.6. The molecule has 5 heterocycles. The van der Waals surface area contributed by atoms with Crippen molar-refractivity contribution in [1.29, 1.82) is 0 Å². The largest absolute Gasteiger partial charge is 0.504 e. The molecule has 266 valence electrons. The van der Waals surface area contributed by atoms with Gasteiger partial charge in [0.15, 0.2) is 17.3 Å². The van der Waals surface area contributed by atoms with Gasteiger partial charge in [-0.25, -0.2) is 9.97 Å². The molecule has 2 aliphatic heterocycles. The second kappa shape index (κ2) is 12.1. The first kappa shape index (κ1) is 33.3. The third kappa shape index (κ3) is 5.37. The lowest BCUT2D eigenvalue weighted by molar-refractivity contribution is -0.137. The molecule has 1 spiro atoms. The summed E-state index contributed by atoms with van der Waals surface area (Å²) in [5, 5.41) is 17.5. The number of hydrogen-bond donors (Lipinski definition) is 2. The summed E-state index contributed by atoms with van der Waals surface area (Å²) >= 11 is 6.15. The highest BCUT2D eigenvalue weighted by molar-refractivity contribution is 6.33. The Morgan fingerprint density at radius 1 is 1.16 bits per heavy atom. The topological polar surface area (TPSA) is 157 Å². The highest BCUT2D eigenvalue weighted by Crippen LogP contribution is 2.58. The van der Waals surface area contributed by atoms with Crippen molar-refractivity contribution in [2.45, 2.75) is 57.2 Å². The van der Waals surface area contributed by atoms with Crippen molar-refractivity contribution in [3.8, 4) is 5.75 Å². The smallest absolute Gasteiger partial charge is 0.416 e. The maximum atomic E-state index is 14.6. The van der Waals surface area contributed by atoms with E-state index < -0.39 is 29.0 Å². The number of carbonyl (C=O) groups is 2. The molecule has 2 atom stereocenters. The first-order valence-electron chi connectivity index (χ1n) is 16.6. The van der Waals surface area contributed by atoms with E-state index in [-0.39, 0.29) is 51.9 Å². The monoisotopic (exact) mass is 724 g/mol. The number of alkyl halides is 3. The number of likely N-dealkylation sites (tertiary alicyclic amines) is 1. The van der Waals surface area contributed by atoms with Gasteiger partial charge in [0.25, 0.3) is 11.5 Å². The molecule has 51 heavy (non-hydrogen) atoms. The Bertz CT molecular complexity index is 2200. The molecule has 4 aliphatic rings. The van der Waals surface area contributed by atoms with Crippen molar-refractivity contribution >= 4 is 40.5 Å². The van der Waals surface area contributed by atoms with E-state index in [1.54, 1.807) is 16.4 Å². The molecule has 13 nitrogen and oxygen atoms in total. The number of nitrogens with one attached hydrogen (secondary N) is 1. The van der Waals surface area contributed by atoms with Crippen molar-refractivity contribution in [2.24, 2.45) is 11.8 Å². The Hall–Kier alpha value is -4.83. The minimum atomic E-state index is -4.60. The van der Waals surface area contributed by atoms with Crippen LogP contribution in [0.2, 0.25) is 5.02 Å². The first-order chi connectivity index (χ1) is 24.4. The number of anilines is 1. The summed E-state index contributed by atoms with van der Waals surface area (Å²) in [5.41, 5.74) is 0.372. The van der Waals surface area contributed by atoms with E-state index >= 15 is 0 Å². The molecule has 0 radical (unpaired) electrons. The average Bonchev–Trinajstić information content (AvgIpc) is 3.77. The number of aromatic nitrogens is 6. The molecule has 8 rings (SSSR count). The molecule has 17 heteroatoms. The number of rotatable bonds is 5. The van der Waals surface area contributed by atoms with Crippen LogP contribution in [0, 0.1) is 18.8 Å². The Balaban J connectivity index is 1.18. The summed E-state index contributed by atoms with van der Waals surface area (Å²) in [5.74, 6) is -0.914. The van der Waals surface area contributed by atoms with Crippen LogP contribution in [0.1, 0.15) is 64.5 Å². The van der Waals surface area contributed by atoms with Crippen LogP contribution in [-0.2, 0) is 34.1 Å². The molecule has 2 amide bonds. The Morgan fingerprint density at radius 3 is 2.61 bits per heavy atom. The number of ether oxygens (including phenoxy) is 1. The lowest BCUT2D eigenvalue weighted by atomic mass is 9.66. The molecule has 2 fully saturated rings. The fourth-order valence-electron chi connectivity index (χ4n) is 8.56. The van der Waals surface area contributed by atoms with Crippen LogP contribution in [0.25, 0.3) is 11.4 Å². The van der Waals surface area contributed by atoms with Crippen LogP contribution in [-0.4, -0.2) is 77.3 Å². The fraction of sp³-hybridized carbons (Fsp3) is 0.441. The molecule has 3 aromatic heterocycles. The van der Waals surface area contributed by atoms with Gasteiger partial charge in [-0.15, -0.1) is 5.10 Å². The summed E-state index contributed by atoms with van der Waals surface area (Å²) in [6, 6.07) is 2.70. The highest BCUT2D eigenvalue weighted by atomic mass is 35.5. The van der Waals surface area contributed by atoms with Crippen molar-refractivity contribution < 1.29 is 32.6 Å². The van der Waals surface area contributed by atoms with E-state index in [4.69, 9.17) is 21.3 Å². The first-order valence-corrected chi connectivity index (χ1v) is 17.0. The van der Waals surface area contributed by atoms with E-state index in [9.17, 15) is 32.7 Å². The van der Waals surface area contributed by atoms with Crippen LogP contribution in [0.3, 0.4) is 0 Å². The summed E-state index contributed by atoms with van der Waals surface area (Å²) < 4.78 is 48.1. The number of fused-ring (bicyclic) bond motifs is 2. The van der Waals surface area contributed by atoms with E-state index in [0.29, 0.717) is 68.3 Å². The van der Waals surface area contributed by atoms with Gasteiger partial charge in [-0.3, -0.25) is 14.4 Å². The molecular formula is C34H32ClF3N8O5. The number of benzene rings is 1. The standard InChI is InChI=1S/C34H32ClF3N8O5/c1-17-28(48)27(40-16-39-17)31(50)44-13-20-2-3-21(14-44)33(20)9-6-24-26(33)30(49)46-32(42-29(43-46)18-7-10-51-11-8-18)45(24)15-25(47)41-23-5-4-19(12-22(23)35)34(36,37)38/h4-5,7,12,16,20-21,48H,2-3,6,8-11,13-15H2,1H3,(H,41,47). The van der Waals surface area contributed by atoms with E-state index in [1.807, 2.05) is 6.08 Å². The SMILES string of the molecule is Cc1ncnc(C(=O)N2CC3CCC(C2)C32CCc3c2c(=O)n2nc(C4=CCOCC4)nc2n3CC(=O)Nc2ccc(C(F)(F)F)cc2Cl)c1O. The third-order valence-electron chi connectivity index (χ3n) is 10.9.